The Balaban J connectivity index is 1.78. The molecule has 0 amide bonds. The average Bonchev–Trinajstić information content (AvgIpc) is 2.72. The van der Waals surface area contributed by atoms with Crippen LogP contribution in [0.15, 0.2) is 47.5 Å². The molecule has 2 aromatic rings. The van der Waals surface area contributed by atoms with Gasteiger partial charge in [-0.2, -0.15) is 5.06 Å². The quantitative estimate of drug-likeness (QED) is 0.762. The average molecular weight is 385 g/mol. The first-order valence-corrected chi connectivity index (χ1v) is 9.34. The molecular formula is C21H24FN3O3. The summed E-state index contributed by atoms with van der Waals surface area (Å²) in [6.07, 6.45) is -0.502. The Labute approximate surface area is 163 Å². The Morgan fingerprint density at radius 1 is 1.18 bits per heavy atom. The molecular weight excluding hydrogens is 361 g/mol. The molecule has 2 aliphatic heterocycles. The number of aliphatic imine (C=N–C) groups is 1. The number of nitrogens with two attached hydrogens (primary N) is 1. The van der Waals surface area contributed by atoms with Crippen molar-refractivity contribution in [2.45, 2.75) is 31.7 Å². The largest absolute Gasteiger partial charge is 0.476 e. The lowest BCUT2D eigenvalue weighted by Crippen LogP contribution is -2.52. The normalized spacial score (nSPS) is 24.9. The van der Waals surface area contributed by atoms with Crippen LogP contribution in [0.4, 0.5) is 4.39 Å². The van der Waals surface area contributed by atoms with Crippen molar-refractivity contribution in [2.24, 2.45) is 10.7 Å². The lowest BCUT2D eigenvalue weighted by Gasteiger charge is -2.37. The van der Waals surface area contributed by atoms with E-state index in [4.69, 9.17) is 20.0 Å². The summed E-state index contributed by atoms with van der Waals surface area (Å²) in [5.74, 6) is 0.815. The van der Waals surface area contributed by atoms with Gasteiger partial charge in [0.15, 0.2) is 17.1 Å². The zero-order valence-electron chi connectivity index (χ0n) is 16.0. The standard InChI is InChI=1S/C21H24FN3O3/c1-14-5-3-6-15(11-14)16-7-8-17-18(12-16)28-25(2)20(23)24-19(22)21(27-17)9-4-10-26-13-21/h3,5-8,11-12,19H,4,9-10,13H2,1-2H3,(H2,23,24). The number of hydroxylamine groups is 2. The Morgan fingerprint density at radius 2 is 2.00 bits per heavy atom. The number of rotatable bonds is 1. The zero-order chi connectivity index (χ0) is 19.7. The minimum Gasteiger partial charge on any atom is -0.476 e. The lowest BCUT2D eigenvalue weighted by molar-refractivity contribution is -0.107. The maximum atomic E-state index is 15.1. The van der Waals surface area contributed by atoms with Crippen molar-refractivity contribution in [3.05, 3.63) is 48.0 Å². The van der Waals surface area contributed by atoms with Crippen LogP contribution in [0, 0.1) is 6.92 Å². The predicted molar refractivity (Wildman–Crippen MR) is 105 cm³/mol. The monoisotopic (exact) mass is 385 g/mol. The molecule has 2 aromatic carbocycles. The zero-order valence-corrected chi connectivity index (χ0v) is 16.0. The first kappa shape index (κ1) is 18.6. The second-order valence-corrected chi connectivity index (χ2v) is 7.27. The van der Waals surface area contributed by atoms with Crippen molar-refractivity contribution in [1.82, 2.24) is 5.06 Å². The smallest absolute Gasteiger partial charge is 0.235 e. The maximum Gasteiger partial charge on any atom is 0.235 e. The predicted octanol–water partition coefficient (Wildman–Crippen LogP) is 3.44. The van der Waals surface area contributed by atoms with Crippen molar-refractivity contribution < 1.29 is 18.7 Å². The van der Waals surface area contributed by atoms with Crippen LogP contribution in [0.2, 0.25) is 0 Å². The highest BCUT2D eigenvalue weighted by Gasteiger charge is 2.45. The van der Waals surface area contributed by atoms with Gasteiger partial charge in [-0.15, -0.1) is 0 Å². The van der Waals surface area contributed by atoms with E-state index in [1.165, 1.54) is 5.06 Å². The minimum absolute atomic E-state index is 0.0603. The van der Waals surface area contributed by atoms with Crippen LogP contribution in [-0.2, 0) is 4.74 Å². The molecule has 28 heavy (non-hydrogen) atoms. The number of aryl methyl sites for hydroxylation is 1. The van der Waals surface area contributed by atoms with Gasteiger partial charge in [0.25, 0.3) is 0 Å². The highest BCUT2D eigenvalue weighted by atomic mass is 19.1. The number of hydrogen-bond donors (Lipinski definition) is 1. The molecule has 0 aromatic heterocycles. The van der Waals surface area contributed by atoms with E-state index in [-0.39, 0.29) is 12.6 Å². The first-order valence-electron chi connectivity index (χ1n) is 9.34. The van der Waals surface area contributed by atoms with Crippen molar-refractivity contribution in [1.29, 1.82) is 0 Å². The molecule has 6 nitrogen and oxygen atoms in total. The number of nitrogens with zero attached hydrogens (tertiary/aromatic N) is 2. The van der Waals surface area contributed by atoms with Crippen molar-refractivity contribution >= 4 is 5.96 Å². The minimum atomic E-state index is -1.67. The highest BCUT2D eigenvalue weighted by molar-refractivity contribution is 5.77. The van der Waals surface area contributed by atoms with Crippen LogP contribution in [0.25, 0.3) is 11.1 Å². The summed E-state index contributed by atoms with van der Waals surface area (Å²) >= 11 is 0. The van der Waals surface area contributed by atoms with Crippen molar-refractivity contribution in [2.75, 3.05) is 20.3 Å². The van der Waals surface area contributed by atoms with Gasteiger partial charge in [0.2, 0.25) is 12.3 Å². The van der Waals surface area contributed by atoms with E-state index in [1.54, 1.807) is 13.1 Å². The number of alkyl halides is 1. The second kappa shape index (κ2) is 7.31. The van der Waals surface area contributed by atoms with Gasteiger partial charge in [-0.3, -0.25) is 0 Å². The van der Waals surface area contributed by atoms with Gasteiger partial charge in [-0.1, -0.05) is 35.9 Å². The fraction of sp³-hybridized carbons (Fsp3) is 0.381. The fourth-order valence-corrected chi connectivity index (χ4v) is 3.50. The molecule has 1 spiro atoms. The summed E-state index contributed by atoms with van der Waals surface area (Å²) in [6.45, 7) is 2.72. The van der Waals surface area contributed by atoms with Crippen LogP contribution in [0.5, 0.6) is 11.5 Å². The van der Waals surface area contributed by atoms with E-state index >= 15 is 4.39 Å². The van der Waals surface area contributed by atoms with Gasteiger partial charge in [0.05, 0.1) is 6.61 Å². The van der Waals surface area contributed by atoms with Crippen LogP contribution in [0.1, 0.15) is 18.4 Å². The highest BCUT2D eigenvalue weighted by Crippen LogP contribution is 2.40. The molecule has 0 aliphatic carbocycles. The van der Waals surface area contributed by atoms with E-state index in [0.29, 0.717) is 30.9 Å². The molecule has 0 radical (unpaired) electrons. The van der Waals surface area contributed by atoms with Crippen LogP contribution in [-0.4, -0.2) is 43.2 Å². The summed E-state index contributed by atoms with van der Waals surface area (Å²) < 4.78 is 26.8. The Hall–Kier alpha value is -2.80. The summed E-state index contributed by atoms with van der Waals surface area (Å²) in [6, 6.07) is 13.8. The molecule has 7 heteroatoms. The van der Waals surface area contributed by atoms with Gasteiger partial charge < -0.3 is 20.0 Å². The third kappa shape index (κ3) is 3.49. The summed E-state index contributed by atoms with van der Waals surface area (Å²) in [7, 11) is 1.59. The van der Waals surface area contributed by atoms with Crippen LogP contribution < -0.4 is 15.3 Å². The Kier molecular flexibility index (Phi) is 4.85. The van der Waals surface area contributed by atoms with E-state index in [1.807, 2.05) is 37.3 Å². The van der Waals surface area contributed by atoms with E-state index < -0.39 is 11.9 Å². The Bertz CT molecular complexity index is 896. The van der Waals surface area contributed by atoms with Gasteiger partial charge in [-0.25, -0.2) is 9.38 Å². The van der Waals surface area contributed by atoms with Gasteiger partial charge in [0.1, 0.15) is 0 Å². The molecule has 2 heterocycles. The molecule has 4 rings (SSSR count). The number of ether oxygens (including phenoxy) is 2. The lowest BCUT2D eigenvalue weighted by atomic mass is 9.94. The third-order valence-electron chi connectivity index (χ3n) is 5.08. The molecule has 2 unspecified atom stereocenters. The number of hydrogen-bond acceptors (Lipinski definition) is 6. The third-order valence-corrected chi connectivity index (χ3v) is 5.08. The number of guanidine groups is 1. The molecule has 2 atom stereocenters. The molecule has 1 fully saturated rings. The summed E-state index contributed by atoms with van der Waals surface area (Å²) in [5, 5.41) is 1.25. The van der Waals surface area contributed by atoms with Crippen molar-refractivity contribution in [3.8, 4) is 22.6 Å². The first-order chi connectivity index (χ1) is 13.5. The summed E-state index contributed by atoms with van der Waals surface area (Å²) in [5.41, 5.74) is 7.88. The van der Waals surface area contributed by atoms with Gasteiger partial charge in [0, 0.05) is 13.7 Å². The summed E-state index contributed by atoms with van der Waals surface area (Å²) in [4.78, 5) is 9.80. The fourth-order valence-electron chi connectivity index (χ4n) is 3.50. The van der Waals surface area contributed by atoms with Crippen molar-refractivity contribution in [3.63, 3.8) is 0 Å². The number of halogens is 1. The van der Waals surface area contributed by atoms with E-state index in [2.05, 4.69) is 11.1 Å². The molecule has 2 aliphatic rings. The second-order valence-electron chi connectivity index (χ2n) is 7.27. The van der Waals surface area contributed by atoms with Crippen LogP contribution in [0.3, 0.4) is 0 Å². The molecule has 2 N–H and O–H groups in total. The van der Waals surface area contributed by atoms with Crippen LogP contribution >= 0.6 is 0 Å². The number of benzene rings is 2. The van der Waals surface area contributed by atoms with Gasteiger partial charge >= 0.3 is 0 Å². The molecule has 0 saturated carbocycles. The SMILES string of the molecule is Cc1cccc(-c2ccc3c(c2)ON(C)C(N)=NC(F)C2(CCCOC2)O3)c1. The Morgan fingerprint density at radius 3 is 2.75 bits per heavy atom. The topological polar surface area (TPSA) is 69.3 Å². The molecule has 0 bridgehead atoms. The molecule has 148 valence electrons. The van der Waals surface area contributed by atoms with E-state index in [9.17, 15) is 0 Å². The van der Waals surface area contributed by atoms with Gasteiger partial charge in [-0.05, 0) is 43.0 Å². The van der Waals surface area contributed by atoms with E-state index in [0.717, 1.165) is 16.7 Å². The maximum absolute atomic E-state index is 15.1. The molecule has 1 saturated heterocycles. The number of fused-ring (bicyclic) bond motifs is 1.